The van der Waals surface area contributed by atoms with Gasteiger partial charge in [0.2, 0.25) is 5.75 Å². The molecule has 0 aromatic heterocycles. The molecule has 0 spiro atoms. The molecule has 1 amide bonds. The quantitative estimate of drug-likeness (QED) is 0.626. The van der Waals surface area contributed by atoms with Crippen molar-refractivity contribution in [2.75, 3.05) is 21.3 Å². The average Bonchev–Trinajstić information content (AvgIpc) is 2.62. The molecule has 126 valence electrons. The van der Waals surface area contributed by atoms with E-state index in [0.717, 1.165) is 0 Å². The standard InChI is InChI=1S/C17H18N2O5/c1-22-13-6-4-12(5-7-13)17(21)19-18-10-11-8-14(23-2)16(20)15(9-11)24-3/h4-10,20H,1-3H3,(H,19,21)/b18-10+. The molecular weight excluding hydrogens is 312 g/mol. The Kier molecular flexibility index (Phi) is 5.62. The molecule has 0 aliphatic carbocycles. The van der Waals surface area contributed by atoms with E-state index < -0.39 is 0 Å². The van der Waals surface area contributed by atoms with Crippen LogP contribution in [0.2, 0.25) is 0 Å². The second-order valence-corrected chi connectivity index (χ2v) is 4.70. The Bertz CT molecular complexity index is 716. The highest BCUT2D eigenvalue weighted by molar-refractivity contribution is 5.95. The van der Waals surface area contributed by atoms with Crippen molar-refractivity contribution >= 4 is 12.1 Å². The molecule has 2 aromatic carbocycles. The first-order valence-corrected chi connectivity index (χ1v) is 7.01. The molecular formula is C17H18N2O5. The molecule has 0 atom stereocenters. The summed E-state index contributed by atoms with van der Waals surface area (Å²) >= 11 is 0. The van der Waals surface area contributed by atoms with Crippen LogP contribution in [0.1, 0.15) is 15.9 Å². The van der Waals surface area contributed by atoms with Crippen LogP contribution >= 0.6 is 0 Å². The minimum absolute atomic E-state index is 0.0978. The van der Waals surface area contributed by atoms with Crippen LogP contribution in [0, 0.1) is 0 Å². The van der Waals surface area contributed by atoms with E-state index in [0.29, 0.717) is 16.9 Å². The molecule has 0 unspecified atom stereocenters. The minimum Gasteiger partial charge on any atom is -0.502 e. The van der Waals surface area contributed by atoms with E-state index in [-0.39, 0.29) is 23.2 Å². The summed E-state index contributed by atoms with van der Waals surface area (Å²) in [6.45, 7) is 0. The van der Waals surface area contributed by atoms with Crippen LogP contribution in [0.3, 0.4) is 0 Å². The zero-order valence-electron chi connectivity index (χ0n) is 13.6. The Labute approximate surface area is 139 Å². The lowest BCUT2D eigenvalue weighted by molar-refractivity contribution is 0.0955. The summed E-state index contributed by atoms with van der Waals surface area (Å²) in [6, 6.07) is 9.79. The summed E-state index contributed by atoms with van der Waals surface area (Å²) in [5.74, 6) is 0.707. The second kappa shape index (κ2) is 7.87. The highest BCUT2D eigenvalue weighted by Gasteiger charge is 2.10. The smallest absolute Gasteiger partial charge is 0.271 e. The van der Waals surface area contributed by atoms with E-state index in [9.17, 15) is 9.90 Å². The van der Waals surface area contributed by atoms with Gasteiger partial charge in [-0.25, -0.2) is 5.43 Å². The second-order valence-electron chi connectivity index (χ2n) is 4.70. The number of carbonyl (C=O) groups excluding carboxylic acids is 1. The van der Waals surface area contributed by atoms with Gasteiger partial charge in [-0.2, -0.15) is 5.10 Å². The van der Waals surface area contributed by atoms with Crippen LogP contribution in [0.15, 0.2) is 41.5 Å². The molecule has 2 N–H and O–H groups in total. The fourth-order valence-electron chi connectivity index (χ4n) is 1.96. The number of nitrogens with one attached hydrogen (secondary N) is 1. The van der Waals surface area contributed by atoms with Gasteiger partial charge in [0.25, 0.3) is 5.91 Å². The van der Waals surface area contributed by atoms with Gasteiger partial charge >= 0.3 is 0 Å². The number of rotatable bonds is 6. The summed E-state index contributed by atoms with van der Waals surface area (Å²) in [4.78, 5) is 12.0. The average molecular weight is 330 g/mol. The fourth-order valence-corrected chi connectivity index (χ4v) is 1.96. The van der Waals surface area contributed by atoms with Crippen molar-refractivity contribution < 1.29 is 24.1 Å². The molecule has 0 radical (unpaired) electrons. The Morgan fingerprint density at radius 3 is 2.12 bits per heavy atom. The van der Waals surface area contributed by atoms with E-state index in [4.69, 9.17) is 14.2 Å². The van der Waals surface area contributed by atoms with Crippen LogP contribution < -0.4 is 19.6 Å². The Hall–Kier alpha value is -3.22. The number of amides is 1. The number of carbonyl (C=O) groups is 1. The number of phenolic OH excluding ortho intramolecular Hbond substituents is 1. The lowest BCUT2D eigenvalue weighted by Crippen LogP contribution is -2.17. The SMILES string of the molecule is COc1ccc(C(=O)N/N=C/c2cc(OC)c(O)c(OC)c2)cc1. The van der Waals surface area contributed by atoms with Crippen LogP contribution in [-0.4, -0.2) is 38.6 Å². The van der Waals surface area contributed by atoms with Crippen molar-refractivity contribution in [1.29, 1.82) is 0 Å². The van der Waals surface area contributed by atoms with Crippen molar-refractivity contribution in [2.24, 2.45) is 5.10 Å². The highest BCUT2D eigenvalue weighted by Crippen LogP contribution is 2.36. The normalized spacial score (nSPS) is 10.5. The number of ether oxygens (including phenoxy) is 3. The van der Waals surface area contributed by atoms with E-state index in [1.165, 1.54) is 20.4 Å². The van der Waals surface area contributed by atoms with Gasteiger partial charge in [0.15, 0.2) is 11.5 Å². The number of hydrogen-bond donors (Lipinski definition) is 2. The number of hydrazone groups is 1. The summed E-state index contributed by atoms with van der Waals surface area (Å²) in [6.07, 6.45) is 1.42. The lowest BCUT2D eigenvalue weighted by atomic mass is 10.2. The van der Waals surface area contributed by atoms with Gasteiger partial charge in [-0.15, -0.1) is 0 Å². The molecule has 7 heteroatoms. The maximum Gasteiger partial charge on any atom is 0.271 e. The van der Waals surface area contributed by atoms with Crippen LogP contribution in [0.5, 0.6) is 23.0 Å². The van der Waals surface area contributed by atoms with Crippen molar-refractivity contribution in [2.45, 2.75) is 0 Å². The number of methoxy groups -OCH3 is 3. The number of nitrogens with zero attached hydrogens (tertiary/aromatic N) is 1. The van der Waals surface area contributed by atoms with Crippen molar-refractivity contribution in [1.82, 2.24) is 5.43 Å². The van der Waals surface area contributed by atoms with E-state index >= 15 is 0 Å². The molecule has 0 saturated carbocycles. The first-order valence-electron chi connectivity index (χ1n) is 7.01. The summed E-state index contributed by atoms with van der Waals surface area (Å²) < 4.78 is 15.1. The summed E-state index contributed by atoms with van der Waals surface area (Å²) in [5.41, 5.74) is 3.47. The Balaban J connectivity index is 2.09. The van der Waals surface area contributed by atoms with Crippen LogP contribution in [0.4, 0.5) is 0 Å². The van der Waals surface area contributed by atoms with Gasteiger partial charge in [-0.1, -0.05) is 0 Å². The monoisotopic (exact) mass is 330 g/mol. The van der Waals surface area contributed by atoms with Gasteiger partial charge in [0, 0.05) is 11.1 Å². The van der Waals surface area contributed by atoms with Gasteiger partial charge in [-0.05, 0) is 36.4 Å². The topological polar surface area (TPSA) is 89.4 Å². The number of phenols is 1. The third-order valence-corrected chi connectivity index (χ3v) is 3.23. The van der Waals surface area contributed by atoms with E-state index in [2.05, 4.69) is 10.5 Å². The minimum atomic E-state index is -0.355. The Morgan fingerprint density at radius 2 is 1.62 bits per heavy atom. The third-order valence-electron chi connectivity index (χ3n) is 3.23. The predicted molar refractivity (Wildman–Crippen MR) is 89.3 cm³/mol. The fraction of sp³-hybridized carbons (Fsp3) is 0.176. The largest absolute Gasteiger partial charge is 0.502 e. The van der Waals surface area contributed by atoms with Gasteiger partial charge in [0.05, 0.1) is 27.5 Å². The molecule has 2 aromatic rings. The molecule has 24 heavy (non-hydrogen) atoms. The molecule has 0 saturated heterocycles. The first-order chi connectivity index (χ1) is 11.6. The Morgan fingerprint density at radius 1 is 1.04 bits per heavy atom. The molecule has 7 nitrogen and oxygen atoms in total. The molecule has 0 bridgehead atoms. The maximum absolute atomic E-state index is 12.0. The van der Waals surface area contributed by atoms with E-state index in [1.54, 1.807) is 43.5 Å². The summed E-state index contributed by atoms with van der Waals surface area (Å²) in [5, 5.41) is 13.7. The number of hydrogen-bond acceptors (Lipinski definition) is 6. The molecule has 0 aliphatic heterocycles. The number of benzene rings is 2. The van der Waals surface area contributed by atoms with Crippen molar-refractivity contribution in [3.8, 4) is 23.0 Å². The predicted octanol–water partition coefficient (Wildman–Crippen LogP) is 2.18. The lowest BCUT2D eigenvalue weighted by Gasteiger charge is -2.09. The first kappa shape index (κ1) is 17.1. The molecule has 2 rings (SSSR count). The molecule has 0 heterocycles. The van der Waals surface area contributed by atoms with E-state index in [1.807, 2.05) is 0 Å². The third kappa shape index (κ3) is 3.95. The maximum atomic E-state index is 12.0. The highest BCUT2D eigenvalue weighted by atomic mass is 16.5. The van der Waals surface area contributed by atoms with Crippen LogP contribution in [-0.2, 0) is 0 Å². The zero-order valence-corrected chi connectivity index (χ0v) is 13.6. The van der Waals surface area contributed by atoms with Gasteiger partial charge in [-0.3, -0.25) is 4.79 Å². The van der Waals surface area contributed by atoms with Crippen molar-refractivity contribution in [3.63, 3.8) is 0 Å². The summed E-state index contributed by atoms with van der Waals surface area (Å²) in [7, 11) is 4.42. The van der Waals surface area contributed by atoms with Crippen LogP contribution in [0.25, 0.3) is 0 Å². The zero-order chi connectivity index (χ0) is 17.5. The molecule has 0 aliphatic rings. The van der Waals surface area contributed by atoms with Gasteiger partial charge < -0.3 is 19.3 Å². The number of aromatic hydroxyl groups is 1. The van der Waals surface area contributed by atoms with Gasteiger partial charge in [0.1, 0.15) is 5.75 Å². The molecule has 0 fully saturated rings. The van der Waals surface area contributed by atoms with Crippen molar-refractivity contribution in [3.05, 3.63) is 47.5 Å².